The van der Waals surface area contributed by atoms with Crippen LogP contribution in [0.2, 0.25) is 0 Å². The molecule has 0 saturated heterocycles. The number of carbonyl (C=O) groups is 1. The molecule has 0 saturated carbocycles. The number of benzene rings is 2. The Hall–Kier alpha value is -2.40. The van der Waals surface area contributed by atoms with E-state index in [4.69, 9.17) is 17.0 Å². The Morgan fingerprint density at radius 1 is 1.12 bits per heavy atom. The molecule has 4 nitrogen and oxygen atoms in total. The number of nitrogens with one attached hydrogen (secondary N) is 2. The first kappa shape index (κ1) is 18.9. The van der Waals surface area contributed by atoms with Gasteiger partial charge in [0.1, 0.15) is 5.75 Å². The van der Waals surface area contributed by atoms with Crippen molar-refractivity contribution in [3.63, 3.8) is 0 Å². The molecule has 2 N–H and O–H groups in total. The second kappa shape index (κ2) is 9.18. The fourth-order valence-corrected chi connectivity index (χ4v) is 2.45. The number of hydrogen-bond donors (Lipinski definition) is 2. The van der Waals surface area contributed by atoms with Crippen LogP contribution in [-0.4, -0.2) is 17.6 Å². The second-order valence-electron chi connectivity index (χ2n) is 5.88. The maximum Gasteiger partial charge on any atom is 0.257 e. The number of amides is 1. The Morgan fingerprint density at radius 2 is 1.84 bits per heavy atom. The van der Waals surface area contributed by atoms with Gasteiger partial charge in [0.25, 0.3) is 5.91 Å². The van der Waals surface area contributed by atoms with Gasteiger partial charge in [-0.25, -0.2) is 0 Å². The first-order chi connectivity index (χ1) is 12.0. The third-order valence-corrected chi connectivity index (χ3v) is 4.17. The van der Waals surface area contributed by atoms with Crippen molar-refractivity contribution in [3.05, 3.63) is 59.2 Å². The summed E-state index contributed by atoms with van der Waals surface area (Å²) in [4.78, 5) is 12.3. The molecule has 2 aromatic carbocycles. The van der Waals surface area contributed by atoms with Gasteiger partial charge in [0.2, 0.25) is 0 Å². The minimum absolute atomic E-state index is 0.247. The van der Waals surface area contributed by atoms with Crippen LogP contribution in [0.15, 0.2) is 42.5 Å². The zero-order chi connectivity index (χ0) is 18.2. The molecule has 1 amide bonds. The molecule has 0 aliphatic heterocycles. The smallest absolute Gasteiger partial charge is 0.257 e. The van der Waals surface area contributed by atoms with E-state index in [1.54, 1.807) is 24.3 Å². The van der Waals surface area contributed by atoms with Crippen molar-refractivity contribution in [2.24, 2.45) is 0 Å². The third-order valence-electron chi connectivity index (χ3n) is 3.96. The van der Waals surface area contributed by atoms with Crippen LogP contribution in [0.5, 0.6) is 5.75 Å². The monoisotopic (exact) mass is 356 g/mol. The molecular weight excluding hydrogens is 332 g/mol. The van der Waals surface area contributed by atoms with E-state index < -0.39 is 0 Å². The topological polar surface area (TPSA) is 50.4 Å². The van der Waals surface area contributed by atoms with Crippen molar-refractivity contribution in [1.29, 1.82) is 0 Å². The van der Waals surface area contributed by atoms with Crippen molar-refractivity contribution in [1.82, 2.24) is 5.32 Å². The Bertz CT molecular complexity index is 742. The molecule has 2 aromatic rings. The molecule has 0 atom stereocenters. The van der Waals surface area contributed by atoms with Crippen LogP contribution in [0.25, 0.3) is 0 Å². The summed E-state index contributed by atoms with van der Waals surface area (Å²) in [6, 6.07) is 13.0. The highest BCUT2D eigenvalue weighted by atomic mass is 32.1. The maximum atomic E-state index is 12.3. The molecule has 0 unspecified atom stereocenters. The van der Waals surface area contributed by atoms with Crippen molar-refractivity contribution >= 4 is 28.9 Å². The minimum Gasteiger partial charge on any atom is -0.494 e. The summed E-state index contributed by atoms with van der Waals surface area (Å²) in [6.45, 7) is 6.85. The van der Waals surface area contributed by atoms with Crippen LogP contribution in [0, 0.1) is 13.8 Å². The lowest BCUT2D eigenvalue weighted by molar-refractivity contribution is 0.0977. The highest BCUT2D eigenvalue weighted by molar-refractivity contribution is 7.80. The summed E-state index contributed by atoms with van der Waals surface area (Å²) in [5.74, 6) is 0.518. The summed E-state index contributed by atoms with van der Waals surface area (Å²) < 4.78 is 5.60. The fourth-order valence-electron chi connectivity index (χ4n) is 2.25. The van der Waals surface area contributed by atoms with Crippen LogP contribution in [0.4, 0.5) is 5.69 Å². The zero-order valence-corrected chi connectivity index (χ0v) is 15.7. The molecule has 0 aliphatic rings. The Labute approximate surface area is 154 Å². The number of unbranched alkanes of at least 4 members (excludes halogenated alkanes) is 1. The largest absolute Gasteiger partial charge is 0.494 e. The Kier molecular flexibility index (Phi) is 6.95. The number of aryl methyl sites for hydroxylation is 1. The lowest BCUT2D eigenvalue weighted by atomic mass is 10.1. The molecular formula is C20H24N2O2S. The molecule has 0 bridgehead atoms. The van der Waals surface area contributed by atoms with Crippen molar-refractivity contribution in [2.75, 3.05) is 11.9 Å². The van der Waals surface area contributed by atoms with E-state index in [-0.39, 0.29) is 11.0 Å². The van der Waals surface area contributed by atoms with Gasteiger partial charge in [-0.15, -0.1) is 0 Å². The van der Waals surface area contributed by atoms with E-state index in [9.17, 15) is 4.79 Å². The Balaban J connectivity index is 1.92. The molecule has 0 aromatic heterocycles. The van der Waals surface area contributed by atoms with E-state index >= 15 is 0 Å². The van der Waals surface area contributed by atoms with E-state index in [0.717, 1.165) is 35.4 Å². The van der Waals surface area contributed by atoms with Gasteiger partial charge < -0.3 is 10.1 Å². The zero-order valence-electron chi connectivity index (χ0n) is 14.9. The first-order valence-corrected chi connectivity index (χ1v) is 8.83. The highest BCUT2D eigenvalue weighted by Crippen LogP contribution is 2.18. The summed E-state index contributed by atoms with van der Waals surface area (Å²) >= 11 is 5.24. The predicted molar refractivity (Wildman–Crippen MR) is 106 cm³/mol. The van der Waals surface area contributed by atoms with Crippen LogP contribution in [0.1, 0.15) is 41.3 Å². The standard InChI is InChI=1S/C20H24N2O2S/c1-4-5-13-24-17-11-9-16(10-12-17)19(23)22-20(25)21-18-8-6-7-14(2)15(18)3/h6-12H,4-5,13H2,1-3H3,(H2,21,22,23,25). The average Bonchev–Trinajstić information content (AvgIpc) is 2.59. The predicted octanol–water partition coefficient (Wildman–Crippen LogP) is 4.61. The summed E-state index contributed by atoms with van der Waals surface area (Å²) in [6.07, 6.45) is 2.10. The lowest BCUT2D eigenvalue weighted by Gasteiger charge is -2.13. The van der Waals surface area contributed by atoms with Crippen LogP contribution in [0.3, 0.4) is 0 Å². The SMILES string of the molecule is CCCCOc1ccc(C(=O)NC(=S)Nc2cccc(C)c2C)cc1. The molecule has 0 spiro atoms. The number of rotatable bonds is 6. The number of thiocarbonyl (C=S) groups is 1. The third kappa shape index (κ3) is 5.57. The van der Waals surface area contributed by atoms with Crippen LogP contribution in [-0.2, 0) is 0 Å². The molecule has 132 valence electrons. The lowest BCUT2D eigenvalue weighted by Crippen LogP contribution is -2.34. The van der Waals surface area contributed by atoms with Crippen molar-refractivity contribution < 1.29 is 9.53 Å². The molecule has 0 fully saturated rings. The molecule has 0 radical (unpaired) electrons. The highest BCUT2D eigenvalue weighted by Gasteiger charge is 2.09. The van der Waals surface area contributed by atoms with E-state index in [2.05, 4.69) is 17.6 Å². The van der Waals surface area contributed by atoms with Gasteiger partial charge in [0, 0.05) is 11.3 Å². The molecule has 0 heterocycles. The van der Waals surface area contributed by atoms with Crippen LogP contribution < -0.4 is 15.4 Å². The quantitative estimate of drug-likeness (QED) is 0.586. The fraction of sp³-hybridized carbons (Fsp3) is 0.300. The van der Waals surface area contributed by atoms with Gasteiger partial charge in [-0.3, -0.25) is 10.1 Å². The van der Waals surface area contributed by atoms with Crippen molar-refractivity contribution in [2.45, 2.75) is 33.6 Å². The minimum atomic E-state index is -0.247. The average molecular weight is 356 g/mol. The molecule has 0 aliphatic carbocycles. The maximum absolute atomic E-state index is 12.3. The van der Waals surface area contributed by atoms with Gasteiger partial charge in [-0.2, -0.15) is 0 Å². The van der Waals surface area contributed by atoms with E-state index in [1.807, 2.05) is 32.0 Å². The van der Waals surface area contributed by atoms with Crippen LogP contribution >= 0.6 is 12.2 Å². The second-order valence-corrected chi connectivity index (χ2v) is 6.29. The summed E-state index contributed by atoms with van der Waals surface area (Å²) in [5, 5.41) is 6.06. The summed E-state index contributed by atoms with van der Waals surface area (Å²) in [7, 11) is 0. The number of ether oxygens (including phenoxy) is 1. The van der Waals surface area contributed by atoms with Gasteiger partial charge in [-0.05, 0) is 73.9 Å². The molecule has 25 heavy (non-hydrogen) atoms. The number of anilines is 1. The number of carbonyl (C=O) groups excluding carboxylic acids is 1. The molecule has 2 rings (SSSR count). The first-order valence-electron chi connectivity index (χ1n) is 8.42. The van der Waals surface area contributed by atoms with E-state index in [0.29, 0.717) is 12.2 Å². The molecule has 5 heteroatoms. The normalized spacial score (nSPS) is 10.2. The number of hydrogen-bond acceptors (Lipinski definition) is 3. The Morgan fingerprint density at radius 3 is 2.52 bits per heavy atom. The van der Waals surface area contributed by atoms with Crippen molar-refractivity contribution in [3.8, 4) is 5.75 Å². The van der Waals surface area contributed by atoms with Gasteiger partial charge in [-0.1, -0.05) is 25.5 Å². The van der Waals surface area contributed by atoms with Gasteiger partial charge >= 0.3 is 0 Å². The van der Waals surface area contributed by atoms with Gasteiger partial charge in [0.05, 0.1) is 6.61 Å². The summed E-state index contributed by atoms with van der Waals surface area (Å²) in [5.41, 5.74) is 3.70. The van der Waals surface area contributed by atoms with Gasteiger partial charge in [0.15, 0.2) is 5.11 Å². The van der Waals surface area contributed by atoms with E-state index in [1.165, 1.54) is 0 Å².